The first kappa shape index (κ1) is 19.1. The van der Waals surface area contributed by atoms with Crippen molar-refractivity contribution in [3.63, 3.8) is 0 Å². The van der Waals surface area contributed by atoms with Crippen molar-refractivity contribution >= 4 is 27.3 Å². The number of carbonyl (C=O) groups excluding carboxylic acids is 1. The number of amides is 1. The summed E-state index contributed by atoms with van der Waals surface area (Å²) in [5, 5.41) is 2.27. The molecule has 2 aromatic carbocycles. The van der Waals surface area contributed by atoms with Crippen molar-refractivity contribution in [2.75, 3.05) is 0 Å². The molecule has 1 amide bonds. The van der Waals surface area contributed by atoms with E-state index in [1.54, 1.807) is 10.2 Å². The number of thiazole rings is 1. The van der Waals surface area contributed by atoms with Gasteiger partial charge in [-0.05, 0) is 12.1 Å². The van der Waals surface area contributed by atoms with Gasteiger partial charge in [-0.25, -0.2) is 22.2 Å². The van der Waals surface area contributed by atoms with Gasteiger partial charge in [0.25, 0.3) is 10.0 Å². The first-order valence-electron chi connectivity index (χ1n) is 7.61. The van der Waals surface area contributed by atoms with Gasteiger partial charge in [-0.1, -0.05) is 30.3 Å². The van der Waals surface area contributed by atoms with E-state index in [1.807, 2.05) is 35.8 Å². The number of hydrazine groups is 1. The summed E-state index contributed by atoms with van der Waals surface area (Å²) >= 11 is 1.26. The van der Waals surface area contributed by atoms with Crippen LogP contribution in [0, 0.1) is 11.6 Å². The van der Waals surface area contributed by atoms with Crippen LogP contribution in [0.15, 0.2) is 58.8 Å². The third-order valence-electron chi connectivity index (χ3n) is 3.44. The van der Waals surface area contributed by atoms with Crippen molar-refractivity contribution in [3.8, 4) is 11.3 Å². The van der Waals surface area contributed by atoms with Crippen LogP contribution < -0.4 is 10.3 Å². The largest absolute Gasteiger partial charge is 0.277 e. The Morgan fingerprint density at radius 1 is 1.11 bits per heavy atom. The molecule has 3 rings (SSSR count). The number of carbonyl (C=O) groups is 1. The SMILES string of the molecule is O=C(Cc1nc(-c2ccccc2)cs1)NNS(=O)(=O)c1ccc(F)cc1F. The summed E-state index contributed by atoms with van der Waals surface area (Å²) in [4.78, 5) is 17.3. The van der Waals surface area contributed by atoms with Crippen molar-refractivity contribution in [3.05, 3.63) is 70.6 Å². The normalized spacial score (nSPS) is 11.3. The zero-order chi connectivity index (χ0) is 19.4. The van der Waals surface area contributed by atoms with Gasteiger partial charge in [0.05, 0.1) is 12.1 Å². The summed E-state index contributed by atoms with van der Waals surface area (Å²) in [7, 11) is -4.37. The lowest BCUT2D eigenvalue weighted by molar-refractivity contribution is -0.120. The molecule has 0 fully saturated rings. The minimum absolute atomic E-state index is 0.161. The average Bonchev–Trinajstić information content (AvgIpc) is 3.09. The predicted molar refractivity (Wildman–Crippen MR) is 96.1 cm³/mol. The summed E-state index contributed by atoms with van der Waals surface area (Å²) in [5.41, 5.74) is 3.59. The number of nitrogens with zero attached hydrogens (tertiary/aromatic N) is 1. The van der Waals surface area contributed by atoms with Gasteiger partial charge in [-0.3, -0.25) is 10.2 Å². The van der Waals surface area contributed by atoms with Crippen molar-refractivity contribution in [2.45, 2.75) is 11.3 Å². The first-order chi connectivity index (χ1) is 12.8. The van der Waals surface area contributed by atoms with Crippen molar-refractivity contribution in [1.29, 1.82) is 0 Å². The standard InChI is InChI=1S/C17H13F2N3O3S2/c18-12-6-7-15(13(19)8-12)27(24,25)22-21-16(23)9-17-20-14(10-26-17)11-4-2-1-3-5-11/h1-8,10,22H,9H2,(H,21,23). The molecule has 0 radical (unpaired) electrons. The van der Waals surface area contributed by atoms with Crippen molar-refractivity contribution in [1.82, 2.24) is 15.2 Å². The number of nitrogens with one attached hydrogen (secondary N) is 2. The van der Waals surface area contributed by atoms with Crippen LogP contribution in [0.5, 0.6) is 0 Å². The lowest BCUT2D eigenvalue weighted by Crippen LogP contribution is -2.42. The van der Waals surface area contributed by atoms with E-state index < -0.39 is 32.5 Å². The van der Waals surface area contributed by atoms with E-state index >= 15 is 0 Å². The molecule has 6 nitrogen and oxygen atoms in total. The second kappa shape index (κ2) is 7.91. The highest BCUT2D eigenvalue weighted by Crippen LogP contribution is 2.21. The molecule has 0 saturated heterocycles. The van der Waals surface area contributed by atoms with E-state index in [9.17, 15) is 22.0 Å². The summed E-state index contributed by atoms with van der Waals surface area (Å²) < 4.78 is 50.5. The number of sulfonamides is 1. The molecule has 3 aromatic rings. The Morgan fingerprint density at radius 2 is 1.85 bits per heavy atom. The number of benzene rings is 2. The number of hydrogen-bond donors (Lipinski definition) is 2. The molecule has 27 heavy (non-hydrogen) atoms. The lowest BCUT2D eigenvalue weighted by Gasteiger charge is -2.08. The molecule has 0 bridgehead atoms. The maximum absolute atomic E-state index is 13.6. The fourth-order valence-corrected chi connectivity index (χ4v) is 3.91. The third-order valence-corrected chi connectivity index (χ3v) is 5.57. The minimum Gasteiger partial charge on any atom is -0.277 e. The lowest BCUT2D eigenvalue weighted by atomic mass is 10.2. The first-order valence-corrected chi connectivity index (χ1v) is 9.97. The fourth-order valence-electron chi connectivity index (χ4n) is 2.19. The molecule has 0 aliphatic carbocycles. The van der Waals surface area contributed by atoms with Gasteiger partial charge in [-0.2, -0.15) is 0 Å². The highest BCUT2D eigenvalue weighted by molar-refractivity contribution is 7.89. The Bertz CT molecular complexity index is 1070. The van der Waals surface area contributed by atoms with Gasteiger partial charge >= 0.3 is 0 Å². The molecule has 0 aliphatic rings. The summed E-state index contributed by atoms with van der Waals surface area (Å²) in [6.07, 6.45) is -0.161. The van der Waals surface area contributed by atoms with E-state index in [2.05, 4.69) is 4.98 Å². The van der Waals surface area contributed by atoms with Crippen LogP contribution in [0.1, 0.15) is 5.01 Å². The van der Waals surface area contributed by atoms with Gasteiger partial charge in [0.2, 0.25) is 5.91 Å². The molecular weight excluding hydrogens is 396 g/mol. The molecule has 0 atom stereocenters. The zero-order valence-electron chi connectivity index (χ0n) is 13.6. The summed E-state index contributed by atoms with van der Waals surface area (Å²) in [6, 6.07) is 11.4. The second-order valence-electron chi connectivity index (χ2n) is 5.40. The van der Waals surface area contributed by atoms with Gasteiger partial charge in [-0.15, -0.1) is 16.2 Å². The maximum atomic E-state index is 13.6. The Hall–Kier alpha value is -2.69. The molecule has 0 aliphatic heterocycles. The Kier molecular flexibility index (Phi) is 5.59. The highest BCUT2D eigenvalue weighted by atomic mass is 32.2. The van der Waals surface area contributed by atoms with Gasteiger partial charge in [0.15, 0.2) is 0 Å². The van der Waals surface area contributed by atoms with Crippen LogP contribution in [0.3, 0.4) is 0 Å². The van der Waals surface area contributed by atoms with E-state index in [-0.39, 0.29) is 6.42 Å². The van der Waals surface area contributed by atoms with Gasteiger partial charge < -0.3 is 0 Å². The Morgan fingerprint density at radius 3 is 2.56 bits per heavy atom. The summed E-state index contributed by atoms with van der Waals surface area (Å²) in [5.74, 6) is -2.84. The van der Waals surface area contributed by atoms with Crippen LogP contribution in [0.2, 0.25) is 0 Å². The molecule has 0 saturated carbocycles. The van der Waals surface area contributed by atoms with E-state index in [0.29, 0.717) is 16.8 Å². The van der Waals surface area contributed by atoms with Crippen molar-refractivity contribution in [2.24, 2.45) is 0 Å². The minimum atomic E-state index is -4.37. The fraction of sp³-hybridized carbons (Fsp3) is 0.0588. The smallest absolute Gasteiger partial charge is 0.260 e. The predicted octanol–water partition coefficient (Wildman–Crippen LogP) is 2.64. The van der Waals surface area contributed by atoms with E-state index in [1.165, 1.54) is 11.3 Å². The summed E-state index contributed by atoms with van der Waals surface area (Å²) in [6.45, 7) is 0. The Balaban J connectivity index is 1.62. The maximum Gasteiger partial charge on any atom is 0.260 e. The number of aromatic nitrogens is 1. The van der Waals surface area contributed by atoms with Gasteiger partial charge in [0.1, 0.15) is 21.5 Å². The molecule has 10 heteroatoms. The Labute approximate surface area is 157 Å². The topological polar surface area (TPSA) is 88.2 Å². The van der Waals surface area contributed by atoms with Crippen LogP contribution >= 0.6 is 11.3 Å². The van der Waals surface area contributed by atoms with E-state index in [0.717, 1.165) is 17.7 Å². The van der Waals surface area contributed by atoms with Crippen molar-refractivity contribution < 1.29 is 22.0 Å². The molecule has 1 aromatic heterocycles. The van der Waals surface area contributed by atoms with Gasteiger partial charge in [0, 0.05) is 17.0 Å². The average molecular weight is 409 g/mol. The van der Waals surface area contributed by atoms with Crippen LogP contribution in [-0.2, 0) is 21.2 Å². The van der Waals surface area contributed by atoms with Crippen LogP contribution in [0.25, 0.3) is 11.3 Å². The molecule has 1 heterocycles. The second-order valence-corrected chi connectivity index (χ2v) is 7.99. The highest BCUT2D eigenvalue weighted by Gasteiger charge is 2.20. The number of halogens is 2. The monoisotopic (exact) mass is 409 g/mol. The number of hydrogen-bond acceptors (Lipinski definition) is 5. The molecule has 0 spiro atoms. The molecular formula is C17H13F2N3O3S2. The quantitative estimate of drug-likeness (QED) is 0.613. The molecule has 2 N–H and O–H groups in total. The molecule has 140 valence electrons. The van der Waals surface area contributed by atoms with Crippen LogP contribution in [0.4, 0.5) is 8.78 Å². The number of rotatable bonds is 6. The zero-order valence-corrected chi connectivity index (χ0v) is 15.3. The van der Waals surface area contributed by atoms with E-state index in [4.69, 9.17) is 0 Å². The van der Waals surface area contributed by atoms with Crippen LogP contribution in [-0.4, -0.2) is 19.3 Å². The third kappa shape index (κ3) is 4.73. The molecule has 0 unspecified atom stereocenters.